The molecule has 1 aliphatic rings. The molecule has 25 heavy (non-hydrogen) atoms. The lowest BCUT2D eigenvalue weighted by Gasteiger charge is -2.23. The molecule has 1 atom stereocenters. The Kier molecular flexibility index (Phi) is 6.12. The van der Waals surface area contributed by atoms with Crippen LogP contribution in [0.2, 0.25) is 0 Å². The number of rotatable bonds is 6. The van der Waals surface area contributed by atoms with E-state index in [0.717, 1.165) is 23.7 Å². The zero-order chi connectivity index (χ0) is 17.6. The number of hydrogen-bond acceptors (Lipinski definition) is 5. The van der Waals surface area contributed by atoms with Crippen LogP contribution in [0.5, 0.6) is 0 Å². The van der Waals surface area contributed by atoms with Crippen molar-refractivity contribution >= 4 is 40.6 Å². The highest BCUT2D eigenvalue weighted by molar-refractivity contribution is 8.01. The summed E-state index contributed by atoms with van der Waals surface area (Å²) < 4.78 is 1.13. The normalized spacial score (nSPS) is 16.6. The Labute approximate surface area is 155 Å². The van der Waals surface area contributed by atoms with E-state index in [1.807, 2.05) is 24.6 Å². The quantitative estimate of drug-likeness (QED) is 0.762. The highest BCUT2D eigenvalue weighted by Crippen LogP contribution is 2.23. The van der Waals surface area contributed by atoms with Crippen molar-refractivity contribution < 1.29 is 9.59 Å². The molecule has 1 aliphatic heterocycles. The second kappa shape index (κ2) is 8.51. The molecule has 1 saturated heterocycles. The Morgan fingerprint density at radius 2 is 2.12 bits per heavy atom. The summed E-state index contributed by atoms with van der Waals surface area (Å²) in [4.78, 5) is 26.3. The molecule has 0 aliphatic carbocycles. The number of carbonyl (C=O) groups is 2. The highest BCUT2D eigenvalue weighted by Gasteiger charge is 2.23. The average molecular weight is 376 g/mol. The van der Waals surface area contributed by atoms with Gasteiger partial charge in [-0.2, -0.15) is 0 Å². The third-order valence-electron chi connectivity index (χ3n) is 4.16. The first kappa shape index (κ1) is 18.0. The van der Waals surface area contributed by atoms with Gasteiger partial charge in [0.05, 0.1) is 9.96 Å². The monoisotopic (exact) mass is 375 g/mol. The summed E-state index contributed by atoms with van der Waals surface area (Å²) >= 11 is 3.15. The summed E-state index contributed by atoms with van der Waals surface area (Å²) in [5.41, 5.74) is 1.35. The van der Waals surface area contributed by atoms with Gasteiger partial charge < -0.3 is 15.5 Å². The molecule has 2 N–H and O–H groups in total. The summed E-state index contributed by atoms with van der Waals surface area (Å²) in [6, 6.07) is 11.3. The van der Waals surface area contributed by atoms with Gasteiger partial charge in [-0.3, -0.25) is 9.59 Å². The third-order valence-corrected chi connectivity index (χ3v) is 6.29. The van der Waals surface area contributed by atoms with E-state index in [-0.39, 0.29) is 17.9 Å². The number of hydrogen-bond donors (Lipinski definition) is 2. The summed E-state index contributed by atoms with van der Waals surface area (Å²) in [6.45, 7) is 1.80. The number of thioether (sulfide) groups is 1. The van der Waals surface area contributed by atoms with E-state index in [0.29, 0.717) is 17.0 Å². The maximum Gasteiger partial charge on any atom is 0.253 e. The van der Waals surface area contributed by atoms with Gasteiger partial charge in [-0.05, 0) is 48.7 Å². The van der Waals surface area contributed by atoms with Gasteiger partial charge in [0.1, 0.15) is 0 Å². The van der Waals surface area contributed by atoms with Crippen LogP contribution in [-0.2, 0) is 4.79 Å². The molecular formula is C18H21N3O2S2. The number of anilines is 1. The lowest BCUT2D eigenvalue weighted by atomic mass is 10.1. The minimum absolute atomic E-state index is 0.0137. The van der Waals surface area contributed by atoms with Gasteiger partial charge in [0.15, 0.2) is 0 Å². The summed E-state index contributed by atoms with van der Waals surface area (Å²) in [7, 11) is 1.84. The molecule has 2 amide bonds. The van der Waals surface area contributed by atoms with Crippen LogP contribution in [0, 0.1) is 0 Å². The van der Waals surface area contributed by atoms with Crippen molar-refractivity contribution in [1.82, 2.24) is 10.2 Å². The maximum absolute atomic E-state index is 12.5. The first-order chi connectivity index (χ1) is 12.1. The molecule has 0 radical (unpaired) electrons. The molecule has 1 aromatic carbocycles. The molecule has 132 valence electrons. The third kappa shape index (κ3) is 4.84. The van der Waals surface area contributed by atoms with Gasteiger partial charge in [0.2, 0.25) is 5.91 Å². The summed E-state index contributed by atoms with van der Waals surface area (Å²) in [5.74, 6) is 0.338. The zero-order valence-electron chi connectivity index (χ0n) is 14.0. The fourth-order valence-electron chi connectivity index (χ4n) is 2.71. The van der Waals surface area contributed by atoms with E-state index < -0.39 is 0 Å². The van der Waals surface area contributed by atoms with E-state index in [4.69, 9.17) is 0 Å². The van der Waals surface area contributed by atoms with Crippen LogP contribution in [0.4, 0.5) is 5.69 Å². The predicted octanol–water partition coefficient (Wildman–Crippen LogP) is 2.91. The molecule has 2 aromatic rings. The zero-order valence-corrected chi connectivity index (χ0v) is 15.7. The number of nitrogens with one attached hydrogen (secondary N) is 2. The molecule has 0 bridgehead atoms. The lowest BCUT2D eigenvalue weighted by molar-refractivity contribution is -0.113. The van der Waals surface area contributed by atoms with E-state index in [2.05, 4.69) is 10.6 Å². The smallest absolute Gasteiger partial charge is 0.253 e. The van der Waals surface area contributed by atoms with Crippen LogP contribution in [0.25, 0.3) is 0 Å². The number of benzene rings is 1. The second-order valence-electron chi connectivity index (χ2n) is 5.91. The van der Waals surface area contributed by atoms with Crippen molar-refractivity contribution in [3.63, 3.8) is 0 Å². The molecule has 1 unspecified atom stereocenters. The predicted molar refractivity (Wildman–Crippen MR) is 103 cm³/mol. The van der Waals surface area contributed by atoms with Crippen LogP contribution in [0.3, 0.4) is 0 Å². The largest absolute Gasteiger partial charge is 0.337 e. The Hall–Kier alpha value is -1.83. The topological polar surface area (TPSA) is 61.4 Å². The fourth-order valence-corrected chi connectivity index (χ4v) is 4.30. The average Bonchev–Trinajstić information content (AvgIpc) is 3.33. The van der Waals surface area contributed by atoms with Crippen LogP contribution >= 0.6 is 23.1 Å². The van der Waals surface area contributed by atoms with Crippen LogP contribution in [0.15, 0.2) is 46.0 Å². The number of amides is 2. The molecular weight excluding hydrogens is 354 g/mol. The molecule has 1 fully saturated rings. The van der Waals surface area contributed by atoms with Crippen LogP contribution in [-0.4, -0.2) is 48.6 Å². The van der Waals surface area contributed by atoms with Crippen molar-refractivity contribution in [2.75, 3.05) is 31.2 Å². The van der Waals surface area contributed by atoms with Crippen LogP contribution in [0.1, 0.15) is 16.8 Å². The first-order valence-electron chi connectivity index (χ1n) is 8.17. The number of nitrogens with zero attached hydrogens (tertiary/aromatic N) is 1. The summed E-state index contributed by atoms with van der Waals surface area (Å²) in [6.07, 6.45) is 0.984. The maximum atomic E-state index is 12.5. The van der Waals surface area contributed by atoms with E-state index >= 15 is 0 Å². The molecule has 5 nitrogen and oxygen atoms in total. The molecule has 7 heteroatoms. The van der Waals surface area contributed by atoms with Crippen molar-refractivity contribution in [2.45, 2.75) is 16.7 Å². The molecule has 3 rings (SSSR count). The fraction of sp³-hybridized carbons (Fsp3) is 0.333. The molecule has 1 aromatic heterocycles. The van der Waals surface area contributed by atoms with Gasteiger partial charge in [0.25, 0.3) is 5.91 Å². The van der Waals surface area contributed by atoms with Gasteiger partial charge in [0, 0.05) is 30.9 Å². The standard InChI is InChI=1S/C18H21N3O2S2/c1-21(15-8-9-19-11-15)18(23)13-4-6-14(7-5-13)20-16(22)12-25-17-3-2-10-24-17/h2-7,10,15,19H,8-9,11-12H2,1H3,(H,20,22). The first-order valence-corrected chi connectivity index (χ1v) is 10.0. The molecule has 0 saturated carbocycles. The van der Waals surface area contributed by atoms with Crippen molar-refractivity contribution in [1.29, 1.82) is 0 Å². The van der Waals surface area contributed by atoms with Gasteiger partial charge in [-0.1, -0.05) is 6.07 Å². The Balaban J connectivity index is 1.52. The number of likely N-dealkylation sites (N-methyl/N-ethyl adjacent to an activating group) is 1. The number of thiophene rings is 1. The second-order valence-corrected chi connectivity index (χ2v) is 8.13. The Morgan fingerprint density at radius 3 is 2.76 bits per heavy atom. The van der Waals surface area contributed by atoms with Gasteiger partial charge in [-0.15, -0.1) is 23.1 Å². The van der Waals surface area contributed by atoms with Gasteiger partial charge in [-0.25, -0.2) is 0 Å². The van der Waals surface area contributed by atoms with E-state index in [1.54, 1.807) is 40.5 Å². The highest BCUT2D eigenvalue weighted by atomic mass is 32.2. The minimum Gasteiger partial charge on any atom is -0.337 e. The Bertz CT molecular complexity index is 710. The Morgan fingerprint density at radius 1 is 1.32 bits per heavy atom. The molecule has 0 spiro atoms. The molecule has 2 heterocycles. The van der Waals surface area contributed by atoms with Crippen molar-refractivity contribution in [2.24, 2.45) is 0 Å². The van der Waals surface area contributed by atoms with E-state index in [1.165, 1.54) is 11.8 Å². The number of carbonyl (C=O) groups excluding carboxylic acids is 2. The minimum atomic E-state index is -0.0494. The van der Waals surface area contributed by atoms with Gasteiger partial charge >= 0.3 is 0 Å². The van der Waals surface area contributed by atoms with Crippen molar-refractivity contribution in [3.8, 4) is 0 Å². The van der Waals surface area contributed by atoms with Crippen molar-refractivity contribution in [3.05, 3.63) is 47.3 Å². The lowest BCUT2D eigenvalue weighted by Crippen LogP contribution is -2.38. The van der Waals surface area contributed by atoms with E-state index in [9.17, 15) is 9.59 Å². The SMILES string of the molecule is CN(C(=O)c1ccc(NC(=O)CSc2cccs2)cc1)C1CCNC1. The van der Waals surface area contributed by atoms with Crippen LogP contribution < -0.4 is 10.6 Å². The summed E-state index contributed by atoms with van der Waals surface area (Å²) in [5, 5.41) is 8.13.